The lowest BCUT2D eigenvalue weighted by Gasteiger charge is -2.11. The molecule has 0 saturated carbocycles. The number of carbonyl (C=O) groups excluding carboxylic acids is 1. The number of hydrogen-bond donors (Lipinski definition) is 1. The summed E-state index contributed by atoms with van der Waals surface area (Å²) in [4.78, 5) is 12.1. The molecule has 0 aliphatic carbocycles. The molecule has 0 spiro atoms. The Balaban J connectivity index is 2.27. The third-order valence-corrected chi connectivity index (χ3v) is 2.76. The van der Waals surface area contributed by atoms with Gasteiger partial charge in [0.15, 0.2) is 0 Å². The number of benzene rings is 1. The molecule has 1 aromatic carbocycles. The molecule has 1 aromatic heterocycles. The van der Waals surface area contributed by atoms with Gasteiger partial charge in [-0.2, -0.15) is 0 Å². The van der Waals surface area contributed by atoms with Crippen molar-refractivity contribution < 1.29 is 18.7 Å². The fourth-order valence-corrected chi connectivity index (χ4v) is 1.72. The molecule has 2 rings (SSSR count). The Bertz CT molecular complexity index is 589. The number of anilines is 1. The summed E-state index contributed by atoms with van der Waals surface area (Å²) in [6.07, 6.45) is 1.48. The largest absolute Gasteiger partial charge is 0.497 e. The van der Waals surface area contributed by atoms with Gasteiger partial charge in [0.25, 0.3) is 5.91 Å². The van der Waals surface area contributed by atoms with Gasteiger partial charge in [-0.05, 0) is 25.1 Å². The van der Waals surface area contributed by atoms with Crippen LogP contribution < -0.4 is 14.8 Å². The van der Waals surface area contributed by atoms with E-state index in [9.17, 15) is 4.79 Å². The van der Waals surface area contributed by atoms with E-state index in [1.54, 1.807) is 45.4 Å². The number of amides is 1. The van der Waals surface area contributed by atoms with Gasteiger partial charge in [0, 0.05) is 6.07 Å². The summed E-state index contributed by atoms with van der Waals surface area (Å²) in [6.45, 7) is 1.73. The van der Waals surface area contributed by atoms with Crippen molar-refractivity contribution in [2.75, 3.05) is 19.5 Å². The summed E-state index contributed by atoms with van der Waals surface area (Å²) in [5.74, 6) is 1.52. The van der Waals surface area contributed by atoms with Crippen molar-refractivity contribution >= 4 is 11.6 Å². The fraction of sp³-hybridized carbons (Fsp3) is 0.214. The number of aryl methyl sites for hydroxylation is 1. The van der Waals surface area contributed by atoms with Crippen molar-refractivity contribution in [3.8, 4) is 11.5 Å². The first-order chi connectivity index (χ1) is 9.15. The molecular formula is C14H15NO4. The van der Waals surface area contributed by atoms with E-state index in [1.165, 1.54) is 6.26 Å². The second-order valence-electron chi connectivity index (χ2n) is 3.91. The standard InChI is InChI=1S/C14H15NO4/c1-9-11(6-7-19-9)14(16)15-12-8-10(17-2)4-5-13(12)18-3/h4-8H,1-3H3,(H,15,16). The molecular weight excluding hydrogens is 246 g/mol. The molecule has 0 atom stereocenters. The molecule has 0 aliphatic heterocycles. The van der Waals surface area contributed by atoms with E-state index < -0.39 is 0 Å². The number of rotatable bonds is 4. The van der Waals surface area contributed by atoms with Crippen molar-refractivity contribution in [3.63, 3.8) is 0 Å². The average Bonchev–Trinajstić information content (AvgIpc) is 2.85. The first kappa shape index (κ1) is 13.0. The van der Waals surface area contributed by atoms with E-state index in [0.29, 0.717) is 28.5 Å². The molecule has 0 fully saturated rings. The number of methoxy groups -OCH3 is 2. The molecule has 0 radical (unpaired) electrons. The van der Waals surface area contributed by atoms with Gasteiger partial charge in [0.2, 0.25) is 0 Å². The van der Waals surface area contributed by atoms with Crippen LogP contribution in [0.4, 0.5) is 5.69 Å². The summed E-state index contributed by atoms with van der Waals surface area (Å²) in [5.41, 5.74) is 1.04. The monoisotopic (exact) mass is 261 g/mol. The zero-order chi connectivity index (χ0) is 13.8. The van der Waals surface area contributed by atoms with Crippen LogP contribution in [-0.2, 0) is 0 Å². The third kappa shape index (κ3) is 2.70. The van der Waals surface area contributed by atoms with Crippen LogP contribution in [-0.4, -0.2) is 20.1 Å². The topological polar surface area (TPSA) is 60.7 Å². The van der Waals surface area contributed by atoms with Crippen LogP contribution in [0.1, 0.15) is 16.1 Å². The predicted octanol–water partition coefficient (Wildman–Crippen LogP) is 2.86. The third-order valence-electron chi connectivity index (χ3n) is 2.76. The maximum absolute atomic E-state index is 12.1. The Hall–Kier alpha value is -2.43. The average molecular weight is 261 g/mol. The smallest absolute Gasteiger partial charge is 0.259 e. The molecule has 0 unspecified atom stereocenters. The van der Waals surface area contributed by atoms with Gasteiger partial charge < -0.3 is 19.2 Å². The normalized spacial score (nSPS) is 10.1. The van der Waals surface area contributed by atoms with Gasteiger partial charge in [-0.3, -0.25) is 4.79 Å². The lowest BCUT2D eigenvalue weighted by molar-refractivity contribution is 0.102. The number of ether oxygens (including phenoxy) is 2. The molecule has 2 aromatic rings. The number of furan rings is 1. The Kier molecular flexibility index (Phi) is 3.75. The summed E-state index contributed by atoms with van der Waals surface area (Å²) in [7, 11) is 3.11. The van der Waals surface area contributed by atoms with E-state index in [-0.39, 0.29) is 5.91 Å². The first-order valence-electron chi connectivity index (χ1n) is 5.73. The summed E-state index contributed by atoms with van der Waals surface area (Å²) >= 11 is 0. The van der Waals surface area contributed by atoms with Gasteiger partial charge >= 0.3 is 0 Å². The predicted molar refractivity (Wildman–Crippen MR) is 70.9 cm³/mol. The second-order valence-corrected chi connectivity index (χ2v) is 3.91. The van der Waals surface area contributed by atoms with Crippen LogP contribution in [0, 0.1) is 6.92 Å². The van der Waals surface area contributed by atoms with Gasteiger partial charge in [-0.25, -0.2) is 0 Å². The lowest BCUT2D eigenvalue weighted by Crippen LogP contribution is -2.13. The van der Waals surface area contributed by atoms with Gasteiger partial charge in [-0.15, -0.1) is 0 Å². The zero-order valence-electron chi connectivity index (χ0n) is 11.0. The minimum absolute atomic E-state index is 0.252. The van der Waals surface area contributed by atoms with Gasteiger partial charge in [0.05, 0.1) is 31.7 Å². The number of nitrogens with one attached hydrogen (secondary N) is 1. The van der Waals surface area contributed by atoms with Crippen molar-refractivity contribution in [1.82, 2.24) is 0 Å². The van der Waals surface area contributed by atoms with Crippen LogP contribution in [0.3, 0.4) is 0 Å². The molecule has 100 valence electrons. The van der Waals surface area contributed by atoms with Crippen molar-refractivity contribution in [3.05, 3.63) is 41.9 Å². The van der Waals surface area contributed by atoms with E-state index in [4.69, 9.17) is 13.9 Å². The van der Waals surface area contributed by atoms with E-state index in [0.717, 1.165) is 0 Å². The molecule has 0 saturated heterocycles. The quantitative estimate of drug-likeness (QED) is 0.919. The van der Waals surface area contributed by atoms with Crippen LogP contribution in [0.5, 0.6) is 11.5 Å². The maximum atomic E-state index is 12.1. The summed E-state index contributed by atoms with van der Waals surface area (Å²) < 4.78 is 15.4. The Morgan fingerprint density at radius 1 is 1.21 bits per heavy atom. The second kappa shape index (κ2) is 5.48. The molecule has 1 N–H and O–H groups in total. The Morgan fingerprint density at radius 3 is 2.58 bits per heavy atom. The SMILES string of the molecule is COc1ccc(OC)c(NC(=O)c2ccoc2C)c1. The van der Waals surface area contributed by atoms with Gasteiger partial charge in [0.1, 0.15) is 17.3 Å². The highest BCUT2D eigenvalue weighted by Gasteiger charge is 2.14. The molecule has 5 nitrogen and oxygen atoms in total. The molecule has 0 aliphatic rings. The van der Waals surface area contributed by atoms with E-state index in [1.807, 2.05) is 0 Å². The van der Waals surface area contributed by atoms with Crippen molar-refractivity contribution in [2.45, 2.75) is 6.92 Å². The highest BCUT2D eigenvalue weighted by Crippen LogP contribution is 2.29. The van der Waals surface area contributed by atoms with E-state index >= 15 is 0 Å². The maximum Gasteiger partial charge on any atom is 0.259 e. The Morgan fingerprint density at radius 2 is 2.00 bits per heavy atom. The summed E-state index contributed by atoms with van der Waals surface area (Å²) in [6, 6.07) is 6.82. The van der Waals surface area contributed by atoms with Gasteiger partial charge in [-0.1, -0.05) is 0 Å². The minimum Gasteiger partial charge on any atom is -0.497 e. The van der Waals surface area contributed by atoms with Crippen LogP contribution in [0.15, 0.2) is 34.9 Å². The molecule has 5 heteroatoms. The summed E-state index contributed by atoms with van der Waals surface area (Å²) in [5, 5.41) is 2.78. The minimum atomic E-state index is -0.252. The number of carbonyl (C=O) groups is 1. The molecule has 19 heavy (non-hydrogen) atoms. The lowest BCUT2D eigenvalue weighted by atomic mass is 10.2. The first-order valence-corrected chi connectivity index (χ1v) is 5.73. The molecule has 1 amide bonds. The number of hydrogen-bond acceptors (Lipinski definition) is 4. The van der Waals surface area contributed by atoms with Crippen molar-refractivity contribution in [2.24, 2.45) is 0 Å². The fourth-order valence-electron chi connectivity index (χ4n) is 1.72. The van der Waals surface area contributed by atoms with Crippen LogP contribution in [0.2, 0.25) is 0 Å². The van der Waals surface area contributed by atoms with Crippen molar-refractivity contribution in [1.29, 1.82) is 0 Å². The van der Waals surface area contributed by atoms with Crippen LogP contribution in [0.25, 0.3) is 0 Å². The zero-order valence-corrected chi connectivity index (χ0v) is 11.0. The highest BCUT2D eigenvalue weighted by molar-refractivity contribution is 6.05. The van der Waals surface area contributed by atoms with E-state index in [2.05, 4.69) is 5.32 Å². The van der Waals surface area contributed by atoms with Crippen LogP contribution >= 0.6 is 0 Å². The highest BCUT2D eigenvalue weighted by atomic mass is 16.5. The Labute approximate surface area is 111 Å². The molecule has 0 bridgehead atoms. The molecule has 1 heterocycles.